The van der Waals surface area contributed by atoms with Crippen molar-refractivity contribution in [3.8, 4) is 12.1 Å². The number of nitrogens with zero attached hydrogens (tertiary/aromatic N) is 2. The van der Waals surface area contributed by atoms with Crippen LogP contribution in [0.3, 0.4) is 0 Å². The minimum Gasteiger partial charge on any atom is -0.478 e. The highest BCUT2D eigenvalue weighted by Gasteiger charge is 2.14. The number of hydrogen-bond acceptors (Lipinski definition) is 4. The Morgan fingerprint density at radius 2 is 2.09 bits per heavy atom. The Morgan fingerprint density at radius 3 is 2.65 bits per heavy atom. The second kappa shape index (κ2) is 8.60. The quantitative estimate of drug-likeness (QED) is 0.619. The van der Waals surface area contributed by atoms with Gasteiger partial charge in [0.25, 0.3) is 5.91 Å². The summed E-state index contributed by atoms with van der Waals surface area (Å²) in [5, 5.41) is 29.0. The Morgan fingerprint density at radius 1 is 1.35 bits per heavy atom. The molecule has 1 aromatic carbocycles. The lowest BCUT2D eigenvalue weighted by Crippen LogP contribution is -2.16. The average molecular weight is 307 g/mol. The molecule has 0 unspecified atom stereocenters. The molecule has 0 aliphatic heterocycles. The van der Waals surface area contributed by atoms with Crippen LogP contribution in [-0.2, 0) is 4.79 Å². The molecule has 0 aromatic heterocycles. The van der Waals surface area contributed by atoms with Gasteiger partial charge in [-0.05, 0) is 18.2 Å². The zero-order valence-corrected chi connectivity index (χ0v) is 12.1. The summed E-state index contributed by atoms with van der Waals surface area (Å²) in [5.41, 5.74) is 0.286. The summed E-state index contributed by atoms with van der Waals surface area (Å²) < 4.78 is 0. The normalized spacial score (nSPS) is 10.6. The van der Waals surface area contributed by atoms with Gasteiger partial charge in [0.05, 0.1) is 35.4 Å². The summed E-state index contributed by atoms with van der Waals surface area (Å²) in [5.74, 6) is -1.81. The molecule has 0 radical (unpaired) electrons. The maximum atomic E-state index is 12.2. The summed E-state index contributed by atoms with van der Waals surface area (Å²) >= 11 is 0. The van der Waals surface area contributed by atoms with E-state index >= 15 is 0 Å². The Labute approximate surface area is 133 Å². The van der Waals surface area contributed by atoms with Crippen molar-refractivity contribution in [2.45, 2.75) is 6.42 Å². The van der Waals surface area contributed by atoms with Crippen molar-refractivity contribution in [3.05, 3.63) is 65.8 Å². The van der Waals surface area contributed by atoms with E-state index in [4.69, 9.17) is 10.5 Å². The van der Waals surface area contributed by atoms with Gasteiger partial charge in [-0.15, -0.1) is 0 Å². The number of carbonyl (C=O) groups is 2. The molecule has 0 saturated heterocycles. The summed E-state index contributed by atoms with van der Waals surface area (Å²) in [6.45, 7) is 3.50. The Hall–Kier alpha value is -3.64. The van der Waals surface area contributed by atoms with Crippen LogP contribution in [0.15, 0.2) is 54.7 Å². The first-order valence-corrected chi connectivity index (χ1v) is 6.48. The van der Waals surface area contributed by atoms with Gasteiger partial charge in [0.2, 0.25) is 0 Å². The topological polar surface area (TPSA) is 114 Å². The first-order chi connectivity index (χ1) is 11.0. The third-order valence-corrected chi connectivity index (χ3v) is 2.69. The third-order valence-electron chi connectivity index (χ3n) is 2.69. The number of amides is 1. The Balaban J connectivity index is 3.11. The van der Waals surface area contributed by atoms with Crippen molar-refractivity contribution in [1.82, 2.24) is 0 Å². The van der Waals surface area contributed by atoms with E-state index in [1.165, 1.54) is 42.5 Å². The van der Waals surface area contributed by atoms with Gasteiger partial charge in [0.15, 0.2) is 0 Å². The van der Waals surface area contributed by atoms with Crippen LogP contribution in [0.5, 0.6) is 0 Å². The van der Waals surface area contributed by atoms with Crippen molar-refractivity contribution in [1.29, 1.82) is 10.5 Å². The fourth-order valence-corrected chi connectivity index (χ4v) is 1.67. The number of allylic oxidation sites excluding steroid dienone is 3. The lowest BCUT2D eigenvalue weighted by atomic mass is 10.1. The first kappa shape index (κ1) is 17.4. The molecule has 23 heavy (non-hydrogen) atoms. The average Bonchev–Trinajstić information content (AvgIpc) is 2.54. The fraction of sp³-hybridized carbons (Fsp3) is 0.0588. The standard InChI is InChI=1S/C17H13N3O3/c1-2-5-13(6-3-4-9-18)16(21)20-15-8-7-12(11-19)10-14(15)17(22)23/h2-3,5-8,10H,1,4H2,(H,20,21)(H,22,23)/b6-3-,13-5+. The molecule has 2 N–H and O–H groups in total. The van der Waals surface area contributed by atoms with Gasteiger partial charge in [-0.3, -0.25) is 4.79 Å². The Kier molecular flexibility index (Phi) is 6.51. The summed E-state index contributed by atoms with van der Waals surface area (Å²) in [7, 11) is 0. The minimum absolute atomic E-state index is 0.0742. The number of carboxylic acid groups (broad SMARTS) is 1. The zero-order chi connectivity index (χ0) is 17.2. The molecule has 6 heteroatoms. The molecule has 0 bridgehead atoms. The smallest absolute Gasteiger partial charge is 0.337 e. The number of carboxylic acids is 1. The van der Waals surface area contributed by atoms with E-state index in [0.29, 0.717) is 0 Å². The van der Waals surface area contributed by atoms with E-state index in [2.05, 4.69) is 11.9 Å². The minimum atomic E-state index is -1.26. The highest BCUT2D eigenvalue weighted by molar-refractivity contribution is 6.09. The number of hydrogen-bond donors (Lipinski definition) is 2. The molecule has 0 saturated carbocycles. The molecule has 1 rings (SSSR count). The highest BCUT2D eigenvalue weighted by atomic mass is 16.4. The third kappa shape index (κ3) is 5.00. The second-order valence-corrected chi connectivity index (χ2v) is 4.25. The molecule has 0 spiro atoms. The molecule has 0 atom stereocenters. The van der Waals surface area contributed by atoms with Crippen LogP contribution in [0.4, 0.5) is 5.69 Å². The van der Waals surface area contributed by atoms with Gasteiger partial charge in [-0.25, -0.2) is 4.79 Å². The van der Waals surface area contributed by atoms with Crippen LogP contribution in [0.1, 0.15) is 22.3 Å². The zero-order valence-electron chi connectivity index (χ0n) is 12.1. The lowest BCUT2D eigenvalue weighted by Gasteiger charge is -2.09. The largest absolute Gasteiger partial charge is 0.478 e. The molecule has 0 aliphatic rings. The molecule has 6 nitrogen and oxygen atoms in total. The van der Waals surface area contributed by atoms with Gasteiger partial charge >= 0.3 is 5.97 Å². The number of aromatic carboxylic acids is 1. The van der Waals surface area contributed by atoms with Gasteiger partial charge in [0, 0.05) is 5.57 Å². The van der Waals surface area contributed by atoms with E-state index in [1.54, 1.807) is 0 Å². The van der Waals surface area contributed by atoms with Gasteiger partial charge in [-0.1, -0.05) is 30.9 Å². The molecule has 0 aliphatic carbocycles. The van der Waals surface area contributed by atoms with E-state index in [1.807, 2.05) is 12.1 Å². The molecule has 1 aromatic rings. The predicted octanol–water partition coefficient (Wildman–Crippen LogP) is 2.78. The molecule has 0 fully saturated rings. The monoisotopic (exact) mass is 307 g/mol. The number of nitrogens with one attached hydrogen (secondary N) is 1. The summed E-state index contributed by atoms with van der Waals surface area (Å²) in [4.78, 5) is 23.4. The SMILES string of the molecule is C=C/C=C(\C=C/CC#N)C(=O)Nc1ccc(C#N)cc1C(=O)O. The van der Waals surface area contributed by atoms with E-state index in [-0.39, 0.29) is 28.8 Å². The van der Waals surface area contributed by atoms with E-state index in [0.717, 1.165) is 0 Å². The van der Waals surface area contributed by atoms with Crippen molar-refractivity contribution in [3.63, 3.8) is 0 Å². The number of carbonyl (C=O) groups excluding carboxylic acids is 1. The number of rotatable bonds is 6. The van der Waals surface area contributed by atoms with E-state index < -0.39 is 11.9 Å². The van der Waals surface area contributed by atoms with Gasteiger partial charge < -0.3 is 10.4 Å². The van der Waals surface area contributed by atoms with Crippen LogP contribution in [0.2, 0.25) is 0 Å². The first-order valence-electron chi connectivity index (χ1n) is 6.48. The van der Waals surface area contributed by atoms with Gasteiger partial charge in [0.1, 0.15) is 0 Å². The van der Waals surface area contributed by atoms with E-state index in [9.17, 15) is 14.7 Å². The summed E-state index contributed by atoms with van der Waals surface area (Å²) in [6, 6.07) is 7.69. The van der Waals surface area contributed by atoms with Crippen molar-refractivity contribution in [2.75, 3.05) is 5.32 Å². The number of anilines is 1. The molecular weight excluding hydrogens is 294 g/mol. The second-order valence-electron chi connectivity index (χ2n) is 4.25. The van der Waals surface area contributed by atoms with Crippen LogP contribution >= 0.6 is 0 Å². The van der Waals surface area contributed by atoms with Crippen LogP contribution in [-0.4, -0.2) is 17.0 Å². The molecule has 114 valence electrons. The van der Waals surface area contributed by atoms with Crippen LogP contribution < -0.4 is 5.32 Å². The maximum Gasteiger partial charge on any atom is 0.337 e. The van der Waals surface area contributed by atoms with Crippen LogP contribution in [0.25, 0.3) is 0 Å². The van der Waals surface area contributed by atoms with Crippen molar-refractivity contribution >= 4 is 17.6 Å². The number of nitriles is 2. The highest BCUT2D eigenvalue weighted by Crippen LogP contribution is 2.18. The maximum absolute atomic E-state index is 12.2. The molecule has 1 amide bonds. The Bertz CT molecular complexity index is 777. The summed E-state index contributed by atoms with van der Waals surface area (Å²) in [6.07, 6.45) is 5.94. The van der Waals surface area contributed by atoms with Crippen LogP contribution in [0, 0.1) is 22.7 Å². The fourth-order valence-electron chi connectivity index (χ4n) is 1.67. The molecular formula is C17H13N3O3. The van der Waals surface area contributed by atoms with Crippen molar-refractivity contribution < 1.29 is 14.7 Å². The lowest BCUT2D eigenvalue weighted by molar-refractivity contribution is -0.112. The van der Waals surface area contributed by atoms with Crippen molar-refractivity contribution in [2.24, 2.45) is 0 Å². The van der Waals surface area contributed by atoms with Gasteiger partial charge in [-0.2, -0.15) is 10.5 Å². The predicted molar refractivity (Wildman–Crippen MR) is 84.4 cm³/mol. The number of benzene rings is 1. The molecule has 0 heterocycles.